The second-order valence-electron chi connectivity index (χ2n) is 3.55. The van der Waals surface area contributed by atoms with Crippen LogP contribution in [-0.4, -0.2) is 11.2 Å². The van der Waals surface area contributed by atoms with Crippen molar-refractivity contribution in [1.82, 2.24) is 0 Å². The van der Waals surface area contributed by atoms with Crippen molar-refractivity contribution in [3.63, 3.8) is 0 Å². The van der Waals surface area contributed by atoms with Gasteiger partial charge in [-0.15, -0.1) is 0 Å². The Hall–Kier alpha value is 0.570. The molecular weight excluding hydrogens is 266 g/mol. The maximum absolute atomic E-state index is 8.06. The minimum absolute atomic E-state index is 0.0895. The van der Waals surface area contributed by atoms with Crippen LogP contribution in [0.2, 0.25) is 0 Å². The van der Waals surface area contributed by atoms with Crippen LogP contribution in [0.4, 0.5) is 0 Å². The average Bonchev–Trinajstić information content (AvgIpc) is 2.19. The largest absolute Gasteiger partial charge is 0.394 e. The summed E-state index contributed by atoms with van der Waals surface area (Å²) in [7, 11) is 0. The maximum atomic E-state index is 8.06. The molecule has 0 atom stereocenters. The average molecular weight is 292 g/mol. The Balaban J connectivity index is -0.000000166. The van der Waals surface area contributed by atoms with E-state index in [-0.39, 0.29) is 10.6 Å². The predicted octanol–water partition coefficient (Wildman–Crippen LogP) is 5.87. The van der Waals surface area contributed by atoms with Crippen LogP contribution >= 0.6 is 34.8 Å². The lowest BCUT2D eigenvalue weighted by Crippen LogP contribution is -1.85. The van der Waals surface area contributed by atoms with E-state index in [2.05, 4.69) is 13.8 Å². The van der Waals surface area contributed by atoms with Gasteiger partial charge in [0.1, 0.15) is 4.49 Å². The third-order valence-electron chi connectivity index (χ3n) is 1.29. The molecule has 0 amide bonds. The normalized spacial score (nSPS) is 8.56. The van der Waals surface area contributed by atoms with Gasteiger partial charge in [-0.3, -0.25) is 0 Å². The van der Waals surface area contributed by atoms with E-state index < -0.39 is 0 Å². The molecule has 0 spiro atoms. The lowest BCUT2D eigenvalue weighted by molar-refractivity contribution is 0.216. The highest BCUT2D eigenvalue weighted by molar-refractivity contribution is 6.58. The highest BCUT2D eigenvalue weighted by Gasteiger charge is 1.80. The van der Waals surface area contributed by atoms with Gasteiger partial charge in [0.25, 0.3) is 0 Å². The van der Waals surface area contributed by atoms with Crippen LogP contribution in [0, 0.1) is 0 Å². The summed E-state index contributed by atoms with van der Waals surface area (Å²) in [6, 6.07) is 0. The van der Waals surface area contributed by atoms with Gasteiger partial charge < -0.3 is 5.11 Å². The summed E-state index contributed by atoms with van der Waals surface area (Å²) in [5.74, 6) is 0. The smallest absolute Gasteiger partial charge is 0.118 e. The Labute approximate surface area is 116 Å². The van der Waals surface area contributed by atoms with E-state index in [9.17, 15) is 0 Å². The first-order valence-corrected chi connectivity index (χ1v) is 6.90. The van der Waals surface area contributed by atoms with E-state index in [1.165, 1.54) is 32.1 Å². The Morgan fingerprint density at radius 1 is 1.06 bits per heavy atom. The number of aliphatic hydroxyl groups excluding tert-OH is 1. The third-order valence-corrected chi connectivity index (χ3v) is 1.95. The number of hydrogen-bond donors (Lipinski definition) is 1. The van der Waals surface area contributed by atoms with Crippen LogP contribution in [0.25, 0.3) is 0 Å². The molecule has 0 unspecified atom stereocenters. The lowest BCUT2D eigenvalue weighted by Gasteiger charge is -1.90. The van der Waals surface area contributed by atoms with Crippen molar-refractivity contribution in [3.05, 3.63) is 10.0 Å². The lowest BCUT2D eigenvalue weighted by atomic mass is 10.2. The highest BCUT2D eigenvalue weighted by atomic mass is 35.5. The molecule has 0 aliphatic carbocycles. The minimum Gasteiger partial charge on any atom is -0.394 e. The Kier molecular flexibility index (Phi) is 28.5. The van der Waals surface area contributed by atoms with Crippen molar-refractivity contribution in [2.45, 2.75) is 65.9 Å². The van der Waals surface area contributed by atoms with Crippen molar-refractivity contribution in [2.75, 3.05) is 0 Å². The molecule has 1 nitrogen and oxygen atoms in total. The summed E-state index contributed by atoms with van der Waals surface area (Å²) < 4.78 is 0.0895. The molecule has 0 aliphatic rings. The summed E-state index contributed by atoms with van der Waals surface area (Å²) in [5.41, 5.74) is 1.09. The van der Waals surface area contributed by atoms with E-state index in [0.29, 0.717) is 0 Å². The van der Waals surface area contributed by atoms with Crippen LogP contribution in [0.1, 0.15) is 59.8 Å². The zero-order chi connectivity index (χ0) is 13.4. The molecule has 0 saturated carbocycles. The van der Waals surface area contributed by atoms with E-state index in [1.54, 1.807) is 13.8 Å². The second-order valence-corrected chi connectivity index (χ2v) is 4.78. The molecule has 0 aromatic heterocycles. The molecule has 0 saturated heterocycles. The topological polar surface area (TPSA) is 20.2 Å². The SMILES string of the molecule is CC(C)O.CCCCCCC.ClC=C(Cl)Cl. The van der Waals surface area contributed by atoms with Gasteiger partial charge in [0, 0.05) is 11.6 Å². The molecule has 0 aromatic rings. The number of halogens is 3. The summed E-state index contributed by atoms with van der Waals surface area (Å²) in [4.78, 5) is 0. The number of rotatable bonds is 4. The quantitative estimate of drug-likeness (QED) is 0.643. The van der Waals surface area contributed by atoms with Gasteiger partial charge in [-0.2, -0.15) is 0 Å². The fourth-order valence-electron chi connectivity index (χ4n) is 0.677. The molecule has 0 rings (SSSR count). The molecule has 1 N–H and O–H groups in total. The molecular formula is C12H25Cl3O. The number of aliphatic hydroxyl groups is 1. The first kappa shape index (κ1) is 21.8. The van der Waals surface area contributed by atoms with Gasteiger partial charge in [-0.05, 0) is 13.8 Å². The van der Waals surface area contributed by atoms with Gasteiger partial charge in [0.2, 0.25) is 0 Å². The fourth-order valence-corrected chi connectivity index (χ4v) is 0.677. The second kappa shape index (κ2) is 20.9. The van der Waals surface area contributed by atoms with Gasteiger partial charge >= 0.3 is 0 Å². The molecule has 0 aromatic carbocycles. The highest BCUT2D eigenvalue weighted by Crippen LogP contribution is 2.05. The maximum Gasteiger partial charge on any atom is 0.118 e. The van der Waals surface area contributed by atoms with Crippen LogP contribution < -0.4 is 0 Å². The van der Waals surface area contributed by atoms with Crippen LogP contribution in [0.3, 0.4) is 0 Å². The van der Waals surface area contributed by atoms with Crippen molar-refractivity contribution in [2.24, 2.45) is 0 Å². The third kappa shape index (κ3) is 62.2. The molecule has 0 aliphatic heterocycles. The predicted molar refractivity (Wildman–Crippen MR) is 77.4 cm³/mol. The Morgan fingerprint density at radius 3 is 1.44 bits per heavy atom. The molecule has 100 valence electrons. The molecule has 4 heteroatoms. The van der Waals surface area contributed by atoms with E-state index in [0.717, 1.165) is 5.54 Å². The minimum atomic E-state index is -0.167. The summed E-state index contributed by atoms with van der Waals surface area (Å²) in [6.45, 7) is 7.94. The summed E-state index contributed by atoms with van der Waals surface area (Å²) in [6.07, 6.45) is 6.84. The number of hydrogen-bond acceptors (Lipinski definition) is 1. The first-order valence-electron chi connectivity index (χ1n) is 5.71. The van der Waals surface area contributed by atoms with Crippen molar-refractivity contribution in [3.8, 4) is 0 Å². The Bertz CT molecular complexity index is 125. The van der Waals surface area contributed by atoms with Crippen molar-refractivity contribution < 1.29 is 5.11 Å². The van der Waals surface area contributed by atoms with Gasteiger partial charge in [0.05, 0.1) is 0 Å². The van der Waals surface area contributed by atoms with Crippen LogP contribution in [0.15, 0.2) is 10.0 Å². The van der Waals surface area contributed by atoms with E-state index >= 15 is 0 Å². The molecule has 0 fully saturated rings. The molecule has 16 heavy (non-hydrogen) atoms. The summed E-state index contributed by atoms with van der Waals surface area (Å²) >= 11 is 14.8. The first-order chi connectivity index (χ1) is 7.42. The van der Waals surface area contributed by atoms with Crippen molar-refractivity contribution in [1.29, 1.82) is 0 Å². The van der Waals surface area contributed by atoms with Crippen LogP contribution in [0.5, 0.6) is 0 Å². The number of unbranched alkanes of at least 4 members (excludes halogenated alkanes) is 4. The standard InChI is InChI=1S/C7H16.C3H8O.C2HCl3/c1-3-5-7-6-4-2;1-3(2)4;3-1-2(4)5/h3-7H2,1-2H3;3-4H,1-2H3;1H. The van der Waals surface area contributed by atoms with Gasteiger partial charge in [-0.1, -0.05) is 80.8 Å². The molecule has 0 radical (unpaired) electrons. The van der Waals surface area contributed by atoms with E-state index in [4.69, 9.17) is 39.9 Å². The van der Waals surface area contributed by atoms with Crippen molar-refractivity contribution >= 4 is 34.8 Å². The van der Waals surface area contributed by atoms with Crippen LogP contribution in [-0.2, 0) is 0 Å². The molecule has 0 bridgehead atoms. The zero-order valence-corrected chi connectivity index (χ0v) is 13.0. The van der Waals surface area contributed by atoms with E-state index in [1.807, 2.05) is 0 Å². The van der Waals surface area contributed by atoms with Gasteiger partial charge in [-0.25, -0.2) is 0 Å². The van der Waals surface area contributed by atoms with Gasteiger partial charge in [0.15, 0.2) is 0 Å². The summed E-state index contributed by atoms with van der Waals surface area (Å²) in [5, 5.41) is 8.06. The monoisotopic (exact) mass is 290 g/mol. The zero-order valence-electron chi connectivity index (χ0n) is 10.8. The Morgan fingerprint density at radius 2 is 1.31 bits per heavy atom. The molecule has 0 heterocycles. The fraction of sp³-hybridized carbons (Fsp3) is 0.833.